The Labute approximate surface area is 120 Å². The van der Waals surface area contributed by atoms with Gasteiger partial charge < -0.3 is 9.84 Å². The Balaban J connectivity index is 3.18. The molecule has 0 saturated carbocycles. The molecule has 0 radical (unpaired) electrons. The zero-order valence-corrected chi connectivity index (χ0v) is 12.2. The van der Waals surface area contributed by atoms with Crippen molar-refractivity contribution in [3.05, 3.63) is 28.8 Å². The predicted molar refractivity (Wildman–Crippen MR) is 70.2 cm³/mol. The number of ether oxygens (including phenoxy) is 1. The van der Waals surface area contributed by atoms with E-state index in [2.05, 4.69) is 9.46 Å². The van der Waals surface area contributed by atoms with Crippen molar-refractivity contribution in [2.45, 2.75) is 17.9 Å². The quantitative estimate of drug-likeness (QED) is 0.779. The maximum Gasteiger partial charge on any atom is 0.335 e. The smallest absolute Gasteiger partial charge is 0.335 e. The molecule has 20 heavy (non-hydrogen) atoms. The number of hydrogen-bond donors (Lipinski definition) is 2. The van der Waals surface area contributed by atoms with Crippen LogP contribution in [0.4, 0.5) is 0 Å². The summed E-state index contributed by atoms with van der Waals surface area (Å²) in [7, 11) is -3.03. The highest BCUT2D eigenvalue weighted by Gasteiger charge is 2.25. The van der Waals surface area contributed by atoms with Gasteiger partial charge in [-0.1, -0.05) is 11.6 Å². The Bertz CT molecular complexity index is 642. The molecule has 9 heteroatoms. The highest BCUT2D eigenvalue weighted by atomic mass is 35.5. The maximum absolute atomic E-state index is 12.1. The minimum absolute atomic E-state index is 0.153. The molecule has 0 unspecified atom stereocenters. The highest BCUT2D eigenvalue weighted by molar-refractivity contribution is 7.89. The summed E-state index contributed by atoms with van der Waals surface area (Å²) in [6.45, 7) is 1.29. The van der Waals surface area contributed by atoms with Gasteiger partial charge in [0.1, 0.15) is 10.9 Å². The first kappa shape index (κ1) is 16.4. The van der Waals surface area contributed by atoms with Crippen LogP contribution in [-0.4, -0.2) is 38.6 Å². The SMILES string of the molecule is COC(=O)[C@H](C)NS(=O)(=O)c1cc(C(=O)O)ccc1Cl. The van der Waals surface area contributed by atoms with Crippen LogP contribution in [0.2, 0.25) is 5.02 Å². The predicted octanol–water partition coefficient (Wildman–Crippen LogP) is 0.878. The molecule has 1 rings (SSSR count). The van der Waals surface area contributed by atoms with Crippen molar-refractivity contribution in [3.8, 4) is 0 Å². The van der Waals surface area contributed by atoms with Crippen LogP contribution in [0.25, 0.3) is 0 Å². The standard InChI is InChI=1S/C11H12ClNO6S/c1-6(11(16)19-2)13-20(17,18)9-5-7(10(14)15)3-4-8(9)12/h3-6,13H,1-2H3,(H,14,15)/t6-/m0/s1. The van der Waals surface area contributed by atoms with E-state index < -0.39 is 32.9 Å². The summed E-state index contributed by atoms with van der Waals surface area (Å²) in [6.07, 6.45) is 0. The lowest BCUT2D eigenvalue weighted by molar-refractivity contribution is -0.142. The van der Waals surface area contributed by atoms with Gasteiger partial charge in [-0.3, -0.25) is 4.79 Å². The third-order valence-corrected chi connectivity index (χ3v) is 4.38. The summed E-state index contributed by atoms with van der Waals surface area (Å²) in [5.74, 6) is -2.07. The van der Waals surface area contributed by atoms with Gasteiger partial charge in [0.25, 0.3) is 0 Å². The third kappa shape index (κ3) is 3.69. The van der Waals surface area contributed by atoms with Gasteiger partial charge in [0.2, 0.25) is 10.0 Å². The van der Waals surface area contributed by atoms with E-state index >= 15 is 0 Å². The van der Waals surface area contributed by atoms with Crippen molar-refractivity contribution >= 4 is 33.6 Å². The second-order valence-corrected chi connectivity index (χ2v) is 5.91. The number of esters is 1. The molecule has 110 valence electrons. The normalized spacial score (nSPS) is 12.8. The topological polar surface area (TPSA) is 110 Å². The van der Waals surface area contributed by atoms with Crippen LogP contribution in [0, 0.1) is 0 Å². The lowest BCUT2D eigenvalue weighted by atomic mass is 10.2. The molecule has 1 atom stereocenters. The van der Waals surface area contributed by atoms with E-state index in [1.54, 1.807) is 0 Å². The average Bonchev–Trinajstić information content (AvgIpc) is 2.37. The van der Waals surface area contributed by atoms with Crippen molar-refractivity contribution < 1.29 is 27.9 Å². The number of nitrogens with one attached hydrogen (secondary N) is 1. The highest BCUT2D eigenvalue weighted by Crippen LogP contribution is 2.23. The first-order valence-electron chi connectivity index (χ1n) is 5.32. The number of benzene rings is 1. The van der Waals surface area contributed by atoms with Gasteiger partial charge in [0.15, 0.2) is 0 Å². The first-order chi connectivity index (χ1) is 9.19. The van der Waals surface area contributed by atoms with Crippen molar-refractivity contribution in [2.24, 2.45) is 0 Å². The molecule has 0 aliphatic rings. The van der Waals surface area contributed by atoms with Crippen molar-refractivity contribution in [2.75, 3.05) is 7.11 Å². The van der Waals surface area contributed by atoms with E-state index in [1.165, 1.54) is 13.0 Å². The van der Waals surface area contributed by atoms with Crippen LogP contribution in [0.3, 0.4) is 0 Å². The number of methoxy groups -OCH3 is 1. The number of aromatic carboxylic acids is 1. The Morgan fingerprint density at radius 3 is 2.50 bits per heavy atom. The van der Waals surface area contributed by atoms with Gasteiger partial charge in [-0.15, -0.1) is 0 Å². The average molecular weight is 322 g/mol. The molecule has 0 aliphatic heterocycles. The molecule has 0 heterocycles. The first-order valence-corrected chi connectivity index (χ1v) is 7.18. The van der Waals surface area contributed by atoms with Crippen molar-refractivity contribution in [3.63, 3.8) is 0 Å². The number of sulfonamides is 1. The fraction of sp³-hybridized carbons (Fsp3) is 0.273. The van der Waals surface area contributed by atoms with Crippen LogP contribution < -0.4 is 4.72 Å². The Kier molecular flexibility index (Phi) is 5.09. The van der Waals surface area contributed by atoms with Crippen molar-refractivity contribution in [1.82, 2.24) is 4.72 Å². The van der Waals surface area contributed by atoms with Gasteiger partial charge in [-0.25, -0.2) is 13.2 Å². The molecule has 0 amide bonds. The molecule has 0 aromatic heterocycles. The van der Waals surface area contributed by atoms with Crippen LogP contribution in [-0.2, 0) is 19.6 Å². The molecular weight excluding hydrogens is 310 g/mol. The number of carbonyl (C=O) groups excluding carboxylic acids is 1. The molecule has 1 aromatic carbocycles. The Hall–Kier alpha value is -1.64. The molecule has 0 saturated heterocycles. The molecule has 7 nitrogen and oxygen atoms in total. The van der Waals surface area contributed by atoms with E-state index in [9.17, 15) is 18.0 Å². The number of carboxylic acids is 1. The minimum Gasteiger partial charge on any atom is -0.478 e. The molecule has 0 aliphatic carbocycles. The van der Waals surface area contributed by atoms with Crippen molar-refractivity contribution in [1.29, 1.82) is 0 Å². The Morgan fingerprint density at radius 1 is 1.40 bits per heavy atom. The van der Waals surface area contributed by atoms with Crippen LogP contribution in [0.5, 0.6) is 0 Å². The zero-order chi connectivity index (χ0) is 15.5. The van der Waals surface area contributed by atoms with Crippen LogP contribution >= 0.6 is 11.6 Å². The summed E-state index contributed by atoms with van der Waals surface area (Å²) < 4.78 is 30.6. The monoisotopic (exact) mass is 321 g/mol. The largest absolute Gasteiger partial charge is 0.478 e. The summed E-state index contributed by atoms with van der Waals surface area (Å²) in [4.78, 5) is 21.6. The summed E-state index contributed by atoms with van der Waals surface area (Å²) in [5, 5.41) is 8.69. The van der Waals surface area contributed by atoms with E-state index in [0.717, 1.165) is 19.2 Å². The summed E-state index contributed by atoms with van der Waals surface area (Å²) in [5.41, 5.74) is -0.236. The van der Waals surface area contributed by atoms with E-state index in [0.29, 0.717) is 0 Å². The lowest BCUT2D eigenvalue weighted by Gasteiger charge is -2.13. The van der Waals surface area contributed by atoms with Gasteiger partial charge in [0, 0.05) is 0 Å². The molecule has 1 aromatic rings. The molecule has 0 spiro atoms. The molecule has 0 bridgehead atoms. The fourth-order valence-corrected chi connectivity index (χ4v) is 3.08. The van der Waals surface area contributed by atoms with Gasteiger partial charge in [0.05, 0.1) is 17.7 Å². The van der Waals surface area contributed by atoms with E-state index in [-0.39, 0.29) is 10.6 Å². The molecule has 0 fully saturated rings. The van der Waals surface area contributed by atoms with E-state index in [4.69, 9.17) is 16.7 Å². The second-order valence-electron chi connectivity index (χ2n) is 3.82. The number of hydrogen-bond acceptors (Lipinski definition) is 5. The van der Waals surface area contributed by atoms with Gasteiger partial charge in [-0.2, -0.15) is 4.72 Å². The molecular formula is C11H12ClNO6S. The number of halogens is 1. The van der Waals surface area contributed by atoms with Gasteiger partial charge in [-0.05, 0) is 25.1 Å². The summed E-state index contributed by atoms with van der Waals surface area (Å²) >= 11 is 5.75. The maximum atomic E-state index is 12.1. The zero-order valence-electron chi connectivity index (χ0n) is 10.6. The molecule has 2 N–H and O–H groups in total. The second kappa shape index (κ2) is 6.21. The Morgan fingerprint density at radius 2 is 2.00 bits per heavy atom. The van der Waals surface area contributed by atoms with E-state index in [1.807, 2.05) is 0 Å². The summed E-state index contributed by atoms with van der Waals surface area (Å²) in [6, 6.07) is 2.11. The van der Waals surface area contributed by atoms with Crippen LogP contribution in [0.15, 0.2) is 23.1 Å². The third-order valence-electron chi connectivity index (χ3n) is 2.35. The van der Waals surface area contributed by atoms with Gasteiger partial charge >= 0.3 is 11.9 Å². The number of rotatable bonds is 5. The number of carboxylic acid groups (broad SMARTS) is 1. The lowest BCUT2D eigenvalue weighted by Crippen LogP contribution is -2.39. The number of carbonyl (C=O) groups is 2. The fourth-order valence-electron chi connectivity index (χ4n) is 1.36. The van der Waals surface area contributed by atoms with Crippen LogP contribution in [0.1, 0.15) is 17.3 Å². The minimum atomic E-state index is -4.15.